The smallest absolute Gasteiger partial charge is 0.395 e. The molecular weight excluding hydrogens is 224 g/mol. The van der Waals surface area contributed by atoms with Crippen molar-refractivity contribution in [3.05, 3.63) is 27.3 Å². The van der Waals surface area contributed by atoms with Gasteiger partial charge in [0.25, 0.3) is 5.69 Å². The lowest BCUT2D eigenvalue weighted by atomic mass is 10.1. The minimum atomic E-state index is -3.76. The van der Waals surface area contributed by atoms with E-state index in [1.807, 2.05) is 0 Å². The molecule has 0 radical (unpaired) electrons. The summed E-state index contributed by atoms with van der Waals surface area (Å²) in [5.41, 5.74) is 0.00444. The number of nitrogens with zero attached hydrogens (tertiary/aromatic N) is 1. The van der Waals surface area contributed by atoms with Crippen LogP contribution in [0.15, 0.2) is 6.07 Å². The molecule has 0 aromatic heterocycles. The molecule has 0 spiro atoms. The van der Waals surface area contributed by atoms with E-state index in [1.54, 1.807) is 0 Å². The van der Waals surface area contributed by atoms with Crippen molar-refractivity contribution in [2.45, 2.75) is 20.1 Å². The van der Waals surface area contributed by atoms with E-state index in [1.165, 1.54) is 19.9 Å². The number of hydrogen-bond acceptors (Lipinski definition) is 4. The Morgan fingerprint density at radius 2 is 1.88 bits per heavy atom. The number of fused-ring (bicyclic) bond motifs is 1. The van der Waals surface area contributed by atoms with Gasteiger partial charge in [0.15, 0.2) is 11.5 Å². The molecule has 86 valence electrons. The van der Waals surface area contributed by atoms with Gasteiger partial charge in [-0.15, -0.1) is 8.78 Å². The largest absolute Gasteiger partial charge is 0.586 e. The van der Waals surface area contributed by atoms with Crippen LogP contribution in [0.25, 0.3) is 0 Å². The molecule has 2 rings (SSSR count). The van der Waals surface area contributed by atoms with E-state index in [0.717, 1.165) is 0 Å². The molecule has 0 N–H and O–H groups in total. The minimum absolute atomic E-state index is 0.0303. The van der Waals surface area contributed by atoms with Crippen molar-refractivity contribution in [2.24, 2.45) is 0 Å². The number of aryl methyl sites for hydroxylation is 1. The van der Waals surface area contributed by atoms with E-state index in [0.29, 0.717) is 0 Å². The van der Waals surface area contributed by atoms with Gasteiger partial charge >= 0.3 is 6.29 Å². The van der Waals surface area contributed by atoms with Crippen molar-refractivity contribution in [1.82, 2.24) is 0 Å². The zero-order valence-corrected chi connectivity index (χ0v) is 8.41. The molecule has 16 heavy (non-hydrogen) atoms. The summed E-state index contributed by atoms with van der Waals surface area (Å²) in [4.78, 5) is 10.0. The second-order valence-corrected chi connectivity index (χ2v) is 3.42. The Morgan fingerprint density at radius 3 is 2.44 bits per heavy atom. The second kappa shape index (κ2) is 3.03. The van der Waals surface area contributed by atoms with Crippen LogP contribution >= 0.6 is 0 Å². The molecule has 0 fully saturated rings. The minimum Gasteiger partial charge on any atom is -0.395 e. The first kappa shape index (κ1) is 10.6. The summed E-state index contributed by atoms with van der Waals surface area (Å²) in [7, 11) is 0. The van der Waals surface area contributed by atoms with Gasteiger partial charge < -0.3 is 9.47 Å². The van der Waals surface area contributed by atoms with Crippen LogP contribution < -0.4 is 9.47 Å². The standard InChI is InChI=1S/C9H7F2NO4/c1-4-3-6(12(13)14)5(2)8-7(4)15-9(10,11)16-8/h3H,1-2H3. The van der Waals surface area contributed by atoms with E-state index in [4.69, 9.17) is 0 Å². The predicted octanol–water partition coefficient (Wildman–Crippen LogP) is 2.53. The lowest BCUT2D eigenvalue weighted by Gasteiger charge is -2.04. The van der Waals surface area contributed by atoms with Crippen LogP contribution in [0.3, 0.4) is 0 Å². The Labute approximate surface area is 88.7 Å². The van der Waals surface area contributed by atoms with E-state index >= 15 is 0 Å². The predicted molar refractivity (Wildman–Crippen MR) is 48.8 cm³/mol. The number of alkyl halides is 2. The van der Waals surface area contributed by atoms with Crippen LogP contribution in [0.5, 0.6) is 11.5 Å². The lowest BCUT2D eigenvalue weighted by Crippen LogP contribution is -2.26. The number of benzene rings is 1. The number of hydrogen-bond donors (Lipinski definition) is 0. The van der Waals surface area contributed by atoms with Crippen LogP contribution in [0.1, 0.15) is 11.1 Å². The van der Waals surface area contributed by atoms with E-state index < -0.39 is 11.2 Å². The maximum absolute atomic E-state index is 12.8. The highest BCUT2D eigenvalue weighted by molar-refractivity contribution is 5.61. The van der Waals surface area contributed by atoms with Crippen molar-refractivity contribution in [1.29, 1.82) is 0 Å². The molecule has 0 aliphatic carbocycles. The number of ether oxygens (including phenoxy) is 2. The number of nitro groups is 1. The molecule has 7 heteroatoms. The van der Waals surface area contributed by atoms with Crippen LogP contribution in [-0.2, 0) is 0 Å². The molecule has 0 bridgehead atoms. The summed E-state index contributed by atoms with van der Waals surface area (Å²) in [6.07, 6.45) is -3.76. The molecule has 1 aromatic carbocycles. The van der Waals surface area contributed by atoms with E-state index in [-0.39, 0.29) is 28.3 Å². The fourth-order valence-corrected chi connectivity index (χ4v) is 1.54. The van der Waals surface area contributed by atoms with Crippen LogP contribution in [0.4, 0.5) is 14.5 Å². The molecule has 1 aliphatic rings. The Bertz CT molecular complexity index is 487. The van der Waals surface area contributed by atoms with Gasteiger partial charge in [-0.2, -0.15) is 0 Å². The molecule has 1 heterocycles. The molecule has 0 amide bonds. The Hall–Kier alpha value is -1.92. The summed E-state index contributed by atoms with van der Waals surface area (Å²) in [5.74, 6) is -0.412. The van der Waals surface area contributed by atoms with E-state index in [9.17, 15) is 18.9 Å². The quantitative estimate of drug-likeness (QED) is 0.550. The summed E-state index contributed by atoms with van der Waals surface area (Å²) in [6, 6.07) is 1.18. The van der Waals surface area contributed by atoms with Crippen molar-refractivity contribution >= 4 is 5.69 Å². The number of nitro benzene ring substituents is 1. The molecule has 0 unspecified atom stereocenters. The Morgan fingerprint density at radius 1 is 1.31 bits per heavy atom. The van der Waals surface area contributed by atoms with Gasteiger partial charge in [0.2, 0.25) is 0 Å². The molecule has 1 aromatic rings. The Balaban J connectivity index is 2.64. The summed E-state index contributed by atoms with van der Waals surface area (Å²) in [5, 5.41) is 10.7. The summed E-state index contributed by atoms with van der Waals surface area (Å²) >= 11 is 0. The molecule has 5 nitrogen and oxygen atoms in total. The van der Waals surface area contributed by atoms with Crippen LogP contribution in [0, 0.1) is 24.0 Å². The highest BCUT2D eigenvalue weighted by atomic mass is 19.3. The lowest BCUT2D eigenvalue weighted by molar-refractivity contribution is -0.385. The topological polar surface area (TPSA) is 61.6 Å². The van der Waals surface area contributed by atoms with Gasteiger partial charge in [-0.05, 0) is 13.8 Å². The maximum atomic E-state index is 12.8. The molecule has 1 aliphatic heterocycles. The third-order valence-electron chi connectivity index (χ3n) is 2.28. The van der Waals surface area contributed by atoms with Crippen molar-refractivity contribution in [2.75, 3.05) is 0 Å². The average Bonchev–Trinajstić information content (AvgIpc) is 2.48. The highest BCUT2D eigenvalue weighted by Crippen LogP contribution is 2.48. The van der Waals surface area contributed by atoms with Crippen molar-refractivity contribution < 1.29 is 23.2 Å². The maximum Gasteiger partial charge on any atom is 0.586 e. The number of rotatable bonds is 1. The number of halogens is 2. The van der Waals surface area contributed by atoms with E-state index in [2.05, 4.69) is 9.47 Å². The third-order valence-corrected chi connectivity index (χ3v) is 2.28. The van der Waals surface area contributed by atoms with Crippen LogP contribution in [-0.4, -0.2) is 11.2 Å². The first-order valence-corrected chi connectivity index (χ1v) is 4.36. The van der Waals surface area contributed by atoms with Gasteiger partial charge in [0.05, 0.1) is 10.5 Å². The third kappa shape index (κ3) is 1.44. The fraction of sp³-hybridized carbons (Fsp3) is 0.333. The Kier molecular flexibility index (Phi) is 2.01. The summed E-state index contributed by atoms with van der Waals surface area (Å²) < 4.78 is 34.1. The average molecular weight is 231 g/mol. The van der Waals surface area contributed by atoms with Crippen LogP contribution in [0.2, 0.25) is 0 Å². The fourth-order valence-electron chi connectivity index (χ4n) is 1.54. The second-order valence-electron chi connectivity index (χ2n) is 3.42. The van der Waals surface area contributed by atoms with Gasteiger partial charge in [0.1, 0.15) is 0 Å². The monoisotopic (exact) mass is 231 g/mol. The van der Waals surface area contributed by atoms with Gasteiger partial charge in [-0.3, -0.25) is 10.1 Å². The van der Waals surface area contributed by atoms with Gasteiger partial charge in [-0.1, -0.05) is 0 Å². The zero-order valence-electron chi connectivity index (χ0n) is 8.41. The first-order chi connectivity index (χ1) is 7.32. The molecule has 0 saturated heterocycles. The highest BCUT2D eigenvalue weighted by Gasteiger charge is 2.46. The molecular formula is C9H7F2NO4. The molecule has 0 atom stereocenters. The summed E-state index contributed by atoms with van der Waals surface area (Å²) in [6.45, 7) is 2.78. The molecule has 0 saturated carbocycles. The van der Waals surface area contributed by atoms with Crippen molar-refractivity contribution in [3.8, 4) is 11.5 Å². The normalized spacial score (nSPS) is 16.2. The SMILES string of the molecule is Cc1cc([N+](=O)[O-])c(C)c2c1OC(F)(F)O2. The van der Waals surface area contributed by atoms with Gasteiger partial charge in [-0.25, -0.2) is 0 Å². The van der Waals surface area contributed by atoms with Crippen molar-refractivity contribution in [3.63, 3.8) is 0 Å². The zero-order chi connectivity index (χ0) is 12.1. The first-order valence-electron chi connectivity index (χ1n) is 4.36. The van der Waals surface area contributed by atoms with Gasteiger partial charge in [0, 0.05) is 11.6 Å².